The Balaban J connectivity index is 1.44. The molecule has 1 atom stereocenters. The summed E-state index contributed by atoms with van der Waals surface area (Å²) >= 11 is 0. The highest BCUT2D eigenvalue weighted by atomic mass is 16.2. The predicted molar refractivity (Wildman–Crippen MR) is 134 cm³/mol. The molecule has 3 aromatic rings. The molecule has 0 aliphatic carbocycles. The highest BCUT2D eigenvalue weighted by Crippen LogP contribution is 2.39. The van der Waals surface area contributed by atoms with Gasteiger partial charge in [-0.15, -0.1) is 0 Å². The lowest BCUT2D eigenvalue weighted by atomic mass is 9.90. The normalized spacial score (nSPS) is 21.1. The molecule has 1 saturated heterocycles. The number of carbonyl (C=O) groups excluding carboxylic acids is 2. The molecule has 6 heteroatoms. The van der Waals surface area contributed by atoms with Crippen molar-refractivity contribution in [2.24, 2.45) is 5.92 Å². The summed E-state index contributed by atoms with van der Waals surface area (Å²) in [5, 5.41) is 6.82. The SMILES string of the molecule is O=C1NC(=O)C(c2c3n(c4ccccc24)CCC(CN2CCCCC2)C3)=C1Nc1ccccc1. The molecular weight excluding hydrogens is 424 g/mol. The summed E-state index contributed by atoms with van der Waals surface area (Å²) in [5.41, 5.74) is 4.84. The minimum Gasteiger partial charge on any atom is -0.350 e. The molecule has 1 fully saturated rings. The Morgan fingerprint density at radius 1 is 0.882 bits per heavy atom. The van der Waals surface area contributed by atoms with E-state index in [-0.39, 0.29) is 11.8 Å². The smallest absolute Gasteiger partial charge is 0.275 e. The third-order valence-corrected chi connectivity index (χ3v) is 7.51. The van der Waals surface area contributed by atoms with E-state index in [1.807, 2.05) is 36.4 Å². The number of aryl methyl sites for hydroxylation is 1. The average Bonchev–Trinajstić information content (AvgIpc) is 3.32. The second kappa shape index (κ2) is 8.76. The Hall–Kier alpha value is -3.38. The monoisotopic (exact) mass is 454 g/mol. The molecular formula is C28H30N4O2. The number of nitrogens with one attached hydrogen (secondary N) is 2. The van der Waals surface area contributed by atoms with Crippen molar-refractivity contribution in [3.05, 3.63) is 71.6 Å². The minimum atomic E-state index is -0.367. The van der Waals surface area contributed by atoms with E-state index in [9.17, 15) is 9.59 Å². The fourth-order valence-corrected chi connectivity index (χ4v) is 5.93. The summed E-state index contributed by atoms with van der Waals surface area (Å²) < 4.78 is 2.38. The number of hydrogen-bond donors (Lipinski definition) is 2. The van der Waals surface area contributed by atoms with Crippen LogP contribution in [0.2, 0.25) is 0 Å². The van der Waals surface area contributed by atoms with Crippen molar-refractivity contribution in [1.82, 2.24) is 14.8 Å². The third-order valence-electron chi connectivity index (χ3n) is 7.51. The van der Waals surface area contributed by atoms with Crippen LogP contribution in [0.3, 0.4) is 0 Å². The number of fused-ring (bicyclic) bond motifs is 3. The van der Waals surface area contributed by atoms with Crippen molar-refractivity contribution >= 4 is 34.0 Å². The van der Waals surface area contributed by atoms with Gasteiger partial charge in [-0.1, -0.05) is 42.8 Å². The number of piperidine rings is 1. The van der Waals surface area contributed by atoms with Gasteiger partial charge in [0.1, 0.15) is 5.70 Å². The average molecular weight is 455 g/mol. The van der Waals surface area contributed by atoms with Gasteiger partial charge in [0, 0.05) is 40.9 Å². The van der Waals surface area contributed by atoms with Crippen molar-refractivity contribution < 1.29 is 9.59 Å². The number of rotatable bonds is 5. The molecule has 2 amide bonds. The van der Waals surface area contributed by atoms with Gasteiger partial charge in [0.25, 0.3) is 11.8 Å². The maximum absolute atomic E-state index is 13.2. The fraction of sp³-hybridized carbons (Fsp3) is 0.357. The molecule has 3 aliphatic heterocycles. The number of nitrogens with zero attached hydrogens (tertiary/aromatic N) is 2. The van der Waals surface area contributed by atoms with Crippen molar-refractivity contribution in [2.75, 3.05) is 25.0 Å². The van der Waals surface area contributed by atoms with Gasteiger partial charge in [0.05, 0.1) is 5.57 Å². The molecule has 2 aromatic carbocycles. The summed E-state index contributed by atoms with van der Waals surface area (Å²) in [6, 6.07) is 17.9. The number of imide groups is 1. The summed E-state index contributed by atoms with van der Waals surface area (Å²) in [4.78, 5) is 28.6. The molecule has 4 heterocycles. The van der Waals surface area contributed by atoms with Crippen LogP contribution in [0, 0.1) is 5.92 Å². The Kier molecular flexibility index (Phi) is 5.46. The fourth-order valence-electron chi connectivity index (χ4n) is 5.93. The van der Waals surface area contributed by atoms with E-state index < -0.39 is 0 Å². The summed E-state index contributed by atoms with van der Waals surface area (Å²) in [6.45, 7) is 4.44. The summed E-state index contributed by atoms with van der Waals surface area (Å²) in [5.74, 6) is -0.130. The number of anilines is 1. The number of amides is 2. The van der Waals surface area contributed by atoms with Gasteiger partial charge in [-0.3, -0.25) is 14.9 Å². The van der Waals surface area contributed by atoms with Crippen LogP contribution in [0.15, 0.2) is 60.3 Å². The lowest BCUT2D eigenvalue weighted by molar-refractivity contribution is -0.123. The topological polar surface area (TPSA) is 66.4 Å². The number of hydrogen-bond acceptors (Lipinski definition) is 4. The molecule has 2 N–H and O–H groups in total. The Morgan fingerprint density at radius 2 is 1.65 bits per heavy atom. The second-order valence-corrected chi connectivity index (χ2v) is 9.73. The lowest BCUT2D eigenvalue weighted by Crippen LogP contribution is -2.36. The molecule has 0 radical (unpaired) electrons. The van der Waals surface area contributed by atoms with Crippen LogP contribution in [0.1, 0.15) is 36.9 Å². The van der Waals surface area contributed by atoms with Crippen LogP contribution in [0.5, 0.6) is 0 Å². The molecule has 6 rings (SSSR count). The Labute approximate surface area is 199 Å². The van der Waals surface area contributed by atoms with E-state index in [0.717, 1.165) is 48.1 Å². The van der Waals surface area contributed by atoms with Crippen LogP contribution < -0.4 is 10.6 Å². The van der Waals surface area contributed by atoms with E-state index in [2.05, 4.69) is 38.3 Å². The first-order chi connectivity index (χ1) is 16.7. The molecule has 34 heavy (non-hydrogen) atoms. The lowest BCUT2D eigenvalue weighted by Gasteiger charge is -2.33. The Bertz CT molecular complexity index is 1280. The van der Waals surface area contributed by atoms with E-state index in [1.54, 1.807) is 0 Å². The number of carbonyl (C=O) groups is 2. The van der Waals surface area contributed by atoms with Crippen LogP contribution in [-0.2, 0) is 22.6 Å². The van der Waals surface area contributed by atoms with Crippen molar-refractivity contribution in [1.29, 1.82) is 0 Å². The molecule has 1 unspecified atom stereocenters. The van der Waals surface area contributed by atoms with E-state index >= 15 is 0 Å². The molecule has 3 aliphatic rings. The largest absolute Gasteiger partial charge is 0.350 e. The van der Waals surface area contributed by atoms with Gasteiger partial charge in [0.15, 0.2) is 0 Å². The minimum absolute atomic E-state index is 0.319. The van der Waals surface area contributed by atoms with Crippen LogP contribution in [0.4, 0.5) is 5.69 Å². The first kappa shape index (κ1) is 21.2. The van der Waals surface area contributed by atoms with Gasteiger partial charge in [0.2, 0.25) is 0 Å². The van der Waals surface area contributed by atoms with Gasteiger partial charge in [-0.2, -0.15) is 0 Å². The van der Waals surface area contributed by atoms with E-state index in [0.29, 0.717) is 17.2 Å². The zero-order valence-electron chi connectivity index (χ0n) is 19.3. The van der Waals surface area contributed by atoms with Crippen molar-refractivity contribution in [3.8, 4) is 0 Å². The molecule has 6 nitrogen and oxygen atoms in total. The van der Waals surface area contributed by atoms with Crippen LogP contribution in [-0.4, -0.2) is 40.9 Å². The van der Waals surface area contributed by atoms with Crippen LogP contribution in [0.25, 0.3) is 16.5 Å². The predicted octanol–water partition coefficient (Wildman–Crippen LogP) is 4.17. The van der Waals surface area contributed by atoms with Gasteiger partial charge in [-0.25, -0.2) is 0 Å². The molecule has 1 aromatic heterocycles. The first-order valence-electron chi connectivity index (χ1n) is 12.4. The molecule has 0 saturated carbocycles. The number of likely N-dealkylation sites (tertiary alicyclic amines) is 1. The summed E-state index contributed by atoms with van der Waals surface area (Å²) in [6.07, 6.45) is 5.99. The molecule has 0 spiro atoms. The Morgan fingerprint density at radius 3 is 2.47 bits per heavy atom. The van der Waals surface area contributed by atoms with Crippen molar-refractivity contribution in [3.63, 3.8) is 0 Å². The standard InChI is InChI=1S/C28H30N4O2/c33-27-25(26(28(34)30-27)29-20-9-3-1-4-10-20)24-21-11-5-6-12-22(21)32-16-13-19(17-23(24)32)18-31-14-7-2-8-15-31/h1,3-6,9-12,19H,2,7-8,13-18H2,(H2,29,30,33,34). The zero-order chi connectivity index (χ0) is 23.1. The first-order valence-corrected chi connectivity index (χ1v) is 12.4. The summed E-state index contributed by atoms with van der Waals surface area (Å²) in [7, 11) is 0. The zero-order valence-corrected chi connectivity index (χ0v) is 19.3. The highest BCUT2D eigenvalue weighted by molar-refractivity contribution is 6.38. The quantitative estimate of drug-likeness (QED) is 0.568. The van der Waals surface area contributed by atoms with Gasteiger partial charge < -0.3 is 14.8 Å². The molecule has 174 valence electrons. The van der Waals surface area contributed by atoms with Crippen LogP contribution >= 0.6 is 0 Å². The van der Waals surface area contributed by atoms with E-state index in [1.165, 1.54) is 38.0 Å². The number of para-hydroxylation sites is 2. The van der Waals surface area contributed by atoms with Gasteiger partial charge in [-0.05, 0) is 62.9 Å². The maximum atomic E-state index is 13.2. The second-order valence-electron chi connectivity index (χ2n) is 9.73. The highest BCUT2D eigenvalue weighted by Gasteiger charge is 2.37. The number of aromatic nitrogens is 1. The van der Waals surface area contributed by atoms with Gasteiger partial charge >= 0.3 is 0 Å². The van der Waals surface area contributed by atoms with E-state index in [4.69, 9.17) is 0 Å². The maximum Gasteiger partial charge on any atom is 0.275 e. The third kappa shape index (κ3) is 3.72. The van der Waals surface area contributed by atoms with Crippen molar-refractivity contribution in [2.45, 2.75) is 38.6 Å². The number of benzene rings is 2. The molecule has 0 bridgehead atoms.